The van der Waals surface area contributed by atoms with Crippen molar-refractivity contribution in [3.63, 3.8) is 0 Å². The first-order valence-electron chi connectivity index (χ1n) is 8.20. The molecule has 2 atom stereocenters. The van der Waals surface area contributed by atoms with Crippen LogP contribution in [-0.4, -0.2) is 24.5 Å². The first-order chi connectivity index (χ1) is 9.72. The summed E-state index contributed by atoms with van der Waals surface area (Å²) in [5, 5.41) is 0.146. The highest BCUT2D eigenvalue weighted by atomic mass is 35.5. The Morgan fingerprint density at radius 3 is 2.80 bits per heavy atom. The van der Waals surface area contributed by atoms with Crippen LogP contribution in [-0.2, 0) is 12.8 Å². The van der Waals surface area contributed by atoms with Crippen LogP contribution in [0.15, 0.2) is 18.2 Å². The van der Waals surface area contributed by atoms with Crippen LogP contribution in [0.2, 0.25) is 0 Å². The summed E-state index contributed by atoms with van der Waals surface area (Å²) < 4.78 is 0. The molecule has 1 aromatic carbocycles. The van der Waals surface area contributed by atoms with E-state index in [-0.39, 0.29) is 5.38 Å². The predicted molar refractivity (Wildman–Crippen MR) is 86.5 cm³/mol. The zero-order chi connectivity index (χ0) is 13.9. The van der Waals surface area contributed by atoms with Crippen molar-refractivity contribution in [2.24, 2.45) is 5.92 Å². The van der Waals surface area contributed by atoms with Gasteiger partial charge in [0, 0.05) is 13.1 Å². The minimum absolute atomic E-state index is 0.146. The Bertz CT molecular complexity index is 457. The van der Waals surface area contributed by atoms with Crippen molar-refractivity contribution in [1.82, 2.24) is 4.90 Å². The summed E-state index contributed by atoms with van der Waals surface area (Å²) in [6.45, 7) is 5.80. The van der Waals surface area contributed by atoms with Gasteiger partial charge in [-0.3, -0.25) is 0 Å². The minimum Gasteiger partial charge on any atom is -0.301 e. The third kappa shape index (κ3) is 3.38. The Hall–Kier alpha value is -0.530. The molecule has 20 heavy (non-hydrogen) atoms. The first kappa shape index (κ1) is 14.4. The normalized spacial score (nSPS) is 25.2. The number of alkyl halides is 1. The Kier molecular flexibility index (Phi) is 4.68. The molecule has 3 rings (SSSR count). The van der Waals surface area contributed by atoms with Crippen molar-refractivity contribution >= 4 is 11.6 Å². The maximum absolute atomic E-state index is 6.69. The number of nitrogens with zero attached hydrogens (tertiary/aromatic N) is 1. The summed E-state index contributed by atoms with van der Waals surface area (Å²) in [6.07, 6.45) is 7.90. The van der Waals surface area contributed by atoms with Crippen molar-refractivity contribution in [3.8, 4) is 0 Å². The lowest BCUT2D eigenvalue weighted by atomic mass is 9.90. The Labute approximate surface area is 128 Å². The molecule has 0 saturated carbocycles. The summed E-state index contributed by atoms with van der Waals surface area (Å²) in [5.74, 6) is 0.830. The van der Waals surface area contributed by atoms with Gasteiger partial charge in [-0.05, 0) is 67.7 Å². The molecule has 0 radical (unpaired) electrons. The quantitative estimate of drug-likeness (QED) is 0.737. The molecule has 110 valence electrons. The Morgan fingerprint density at radius 2 is 2.00 bits per heavy atom. The van der Waals surface area contributed by atoms with Crippen LogP contribution in [0, 0.1) is 5.92 Å². The molecule has 0 spiro atoms. The molecule has 1 nitrogen and oxygen atoms in total. The van der Waals surface area contributed by atoms with E-state index in [9.17, 15) is 0 Å². The molecule has 2 heteroatoms. The number of piperidine rings is 1. The molecular weight excluding hydrogens is 266 g/mol. The number of rotatable bonds is 3. The molecule has 1 saturated heterocycles. The van der Waals surface area contributed by atoms with E-state index >= 15 is 0 Å². The van der Waals surface area contributed by atoms with Crippen molar-refractivity contribution in [2.45, 2.75) is 50.8 Å². The van der Waals surface area contributed by atoms with E-state index in [2.05, 4.69) is 30.0 Å². The summed E-state index contributed by atoms with van der Waals surface area (Å²) >= 11 is 6.69. The Balaban J connectivity index is 1.66. The number of halogens is 1. The van der Waals surface area contributed by atoms with Gasteiger partial charge >= 0.3 is 0 Å². The van der Waals surface area contributed by atoms with Gasteiger partial charge in [0.25, 0.3) is 0 Å². The van der Waals surface area contributed by atoms with E-state index in [4.69, 9.17) is 11.6 Å². The molecule has 1 heterocycles. The summed E-state index contributed by atoms with van der Waals surface area (Å²) in [7, 11) is 0. The maximum Gasteiger partial charge on any atom is 0.0712 e. The molecule has 0 aromatic heterocycles. The highest BCUT2D eigenvalue weighted by Crippen LogP contribution is 2.29. The molecule has 0 bridgehead atoms. The van der Waals surface area contributed by atoms with Crippen LogP contribution in [0.4, 0.5) is 0 Å². The van der Waals surface area contributed by atoms with Crippen LogP contribution >= 0.6 is 11.6 Å². The van der Waals surface area contributed by atoms with Gasteiger partial charge < -0.3 is 4.90 Å². The zero-order valence-corrected chi connectivity index (χ0v) is 13.3. The number of aryl methyl sites for hydroxylation is 2. The van der Waals surface area contributed by atoms with E-state index < -0.39 is 0 Å². The van der Waals surface area contributed by atoms with E-state index in [1.54, 1.807) is 11.1 Å². The molecule has 0 amide bonds. The van der Waals surface area contributed by atoms with Gasteiger partial charge in [-0.1, -0.05) is 25.1 Å². The molecular formula is C18H26ClN. The maximum atomic E-state index is 6.69. The molecule has 1 fully saturated rings. The molecule has 2 aliphatic rings. The van der Waals surface area contributed by atoms with Crippen molar-refractivity contribution in [2.75, 3.05) is 19.6 Å². The molecule has 1 aromatic rings. The van der Waals surface area contributed by atoms with E-state index in [0.717, 1.165) is 12.5 Å². The molecule has 1 aliphatic carbocycles. The highest BCUT2D eigenvalue weighted by Gasteiger charge is 2.20. The van der Waals surface area contributed by atoms with Crippen LogP contribution in [0.5, 0.6) is 0 Å². The van der Waals surface area contributed by atoms with Gasteiger partial charge in [-0.2, -0.15) is 0 Å². The average Bonchev–Trinajstić information content (AvgIpc) is 2.47. The predicted octanol–water partition coefficient (Wildman–Crippen LogP) is 4.58. The summed E-state index contributed by atoms with van der Waals surface area (Å²) in [5.41, 5.74) is 4.42. The van der Waals surface area contributed by atoms with E-state index in [1.165, 1.54) is 57.2 Å². The van der Waals surface area contributed by atoms with E-state index in [0.29, 0.717) is 0 Å². The lowest BCUT2D eigenvalue weighted by Crippen LogP contribution is -2.36. The smallest absolute Gasteiger partial charge is 0.0712 e. The lowest BCUT2D eigenvalue weighted by molar-refractivity contribution is 0.184. The summed E-state index contributed by atoms with van der Waals surface area (Å²) in [6, 6.07) is 6.95. The second-order valence-corrected chi connectivity index (χ2v) is 7.24. The number of hydrogen-bond donors (Lipinski definition) is 0. The Morgan fingerprint density at radius 1 is 1.20 bits per heavy atom. The van der Waals surface area contributed by atoms with Gasteiger partial charge in [0.15, 0.2) is 0 Å². The van der Waals surface area contributed by atoms with Gasteiger partial charge in [-0.15, -0.1) is 11.6 Å². The average molecular weight is 292 g/mol. The fraction of sp³-hybridized carbons (Fsp3) is 0.667. The van der Waals surface area contributed by atoms with Gasteiger partial charge in [0.05, 0.1) is 5.38 Å². The SMILES string of the molecule is CC1CCCN(CC(Cl)c2ccc3c(c2)CCCC3)C1. The van der Waals surface area contributed by atoms with Crippen molar-refractivity contribution in [3.05, 3.63) is 34.9 Å². The second kappa shape index (κ2) is 6.49. The minimum atomic E-state index is 0.146. The monoisotopic (exact) mass is 291 g/mol. The first-order valence-corrected chi connectivity index (χ1v) is 8.64. The van der Waals surface area contributed by atoms with Crippen molar-refractivity contribution in [1.29, 1.82) is 0 Å². The third-order valence-electron chi connectivity index (χ3n) is 4.89. The number of hydrogen-bond acceptors (Lipinski definition) is 1. The molecule has 0 N–H and O–H groups in total. The highest BCUT2D eigenvalue weighted by molar-refractivity contribution is 6.21. The number of benzene rings is 1. The molecule has 1 aliphatic heterocycles. The largest absolute Gasteiger partial charge is 0.301 e. The fourth-order valence-electron chi connectivity index (χ4n) is 3.73. The van der Waals surface area contributed by atoms with Crippen molar-refractivity contribution < 1.29 is 0 Å². The second-order valence-electron chi connectivity index (χ2n) is 6.71. The van der Waals surface area contributed by atoms with Crippen LogP contribution in [0.1, 0.15) is 54.7 Å². The number of fused-ring (bicyclic) bond motifs is 1. The van der Waals surface area contributed by atoms with Crippen LogP contribution in [0.25, 0.3) is 0 Å². The fourth-order valence-corrected chi connectivity index (χ4v) is 4.06. The topological polar surface area (TPSA) is 3.24 Å². The lowest BCUT2D eigenvalue weighted by Gasteiger charge is -2.32. The number of likely N-dealkylation sites (tertiary alicyclic amines) is 1. The van der Waals surface area contributed by atoms with Crippen LogP contribution in [0.3, 0.4) is 0 Å². The van der Waals surface area contributed by atoms with Gasteiger partial charge in [0.2, 0.25) is 0 Å². The third-order valence-corrected chi connectivity index (χ3v) is 5.28. The van der Waals surface area contributed by atoms with Crippen LogP contribution < -0.4 is 0 Å². The van der Waals surface area contributed by atoms with Gasteiger partial charge in [0.1, 0.15) is 0 Å². The standard InChI is InChI=1S/C18H26ClN/c1-14-5-4-10-20(12-14)13-18(19)17-9-8-15-6-2-3-7-16(15)11-17/h8-9,11,14,18H,2-7,10,12-13H2,1H3. The zero-order valence-electron chi connectivity index (χ0n) is 12.6. The van der Waals surface area contributed by atoms with E-state index in [1.807, 2.05) is 0 Å². The van der Waals surface area contributed by atoms with Gasteiger partial charge in [-0.25, -0.2) is 0 Å². The summed E-state index contributed by atoms with van der Waals surface area (Å²) in [4.78, 5) is 2.55. The molecule has 2 unspecified atom stereocenters.